The Morgan fingerprint density at radius 3 is 2.67 bits per heavy atom. The predicted octanol–water partition coefficient (Wildman–Crippen LogP) is 2.29. The topological polar surface area (TPSA) is 49.8 Å². The van der Waals surface area contributed by atoms with Crippen molar-refractivity contribution in [2.24, 2.45) is 0 Å². The molecule has 0 radical (unpaired) electrons. The molecule has 0 aliphatic heterocycles. The van der Waals surface area contributed by atoms with Crippen LogP contribution in [0.15, 0.2) is 27.1 Å². The lowest BCUT2D eigenvalue weighted by molar-refractivity contribution is 0.0655. The second-order valence-electron chi connectivity index (χ2n) is 3.63. The fraction of sp³-hybridized carbons (Fsp3) is 0.417. The summed E-state index contributed by atoms with van der Waals surface area (Å²) in [5.41, 5.74) is 0.572. The quantitative estimate of drug-likeness (QED) is 0.823. The Hall–Kier alpha value is -0.430. The zero-order valence-electron chi connectivity index (χ0n) is 10.0. The van der Waals surface area contributed by atoms with Crippen molar-refractivity contribution in [2.75, 3.05) is 33.4 Å². The van der Waals surface area contributed by atoms with Crippen molar-refractivity contribution in [3.63, 3.8) is 0 Å². The zero-order valence-corrected chi connectivity index (χ0v) is 13.2. The van der Waals surface area contributed by atoms with Crippen LogP contribution in [-0.4, -0.2) is 49.3 Å². The van der Waals surface area contributed by atoms with Crippen LogP contribution < -0.4 is 0 Å². The summed E-state index contributed by atoms with van der Waals surface area (Å²) in [6, 6.07) is 5.37. The summed E-state index contributed by atoms with van der Waals surface area (Å²) in [6.45, 7) is 1.13. The number of carbonyl (C=O) groups is 1. The summed E-state index contributed by atoms with van der Waals surface area (Å²) >= 11 is 6.70. The number of ether oxygens (including phenoxy) is 1. The molecule has 0 bridgehead atoms. The van der Waals surface area contributed by atoms with Gasteiger partial charge in [-0.15, -0.1) is 0 Å². The standard InChI is InChI=1S/C12H15Br2NO3/c1-18-7-5-15(4-6-16)12(17)10-3-2-9(13)8-11(10)14/h2-3,8,16H,4-7H2,1H3. The number of methoxy groups -OCH3 is 1. The lowest BCUT2D eigenvalue weighted by Gasteiger charge is -2.22. The fourth-order valence-electron chi connectivity index (χ4n) is 1.47. The van der Waals surface area contributed by atoms with Crippen LogP contribution in [0.25, 0.3) is 0 Å². The van der Waals surface area contributed by atoms with Crippen LogP contribution in [0.5, 0.6) is 0 Å². The summed E-state index contributed by atoms with van der Waals surface area (Å²) in [5.74, 6) is -0.125. The van der Waals surface area contributed by atoms with Crippen LogP contribution in [0.3, 0.4) is 0 Å². The van der Waals surface area contributed by atoms with E-state index in [0.717, 1.165) is 8.95 Å². The lowest BCUT2D eigenvalue weighted by atomic mass is 10.2. The Morgan fingerprint density at radius 2 is 2.11 bits per heavy atom. The number of halogens is 2. The van der Waals surface area contributed by atoms with Crippen LogP contribution in [-0.2, 0) is 4.74 Å². The van der Waals surface area contributed by atoms with Gasteiger partial charge in [-0.25, -0.2) is 0 Å². The zero-order chi connectivity index (χ0) is 13.5. The third kappa shape index (κ3) is 4.35. The summed E-state index contributed by atoms with van der Waals surface area (Å²) in [6.07, 6.45) is 0. The number of benzene rings is 1. The van der Waals surface area contributed by atoms with E-state index in [1.807, 2.05) is 12.1 Å². The first-order valence-corrected chi connectivity index (χ1v) is 7.03. The van der Waals surface area contributed by atoms with Crippen molar-refractivity contribution < 1.29 is 14.6 Å². The maximum absolute atomic E-state index is 12.3. The molecule has 0 atom stereocenters. The van der Waals surface area contributed by atoms with Crippen LogP contribution in [0, 0.1) is 0 Å². The molecule has 0 aliphatic carbocycles. The third-order valence-corrected chi connectivity index (χ3v) is 3.53. The van der Waals surface area contributed by atoms with Crippen LogP contribution >= 0.6 is 31.9 Å². The molecule has 0 unspecified atom stereocenters. The second-order valence-corrected chi connectivity index (χ2v) is 5.40. The van der Waals surface area contributed by atoms with Crippen molar-refractivity contribution in [3.05, 3.63) is 32.7 Å². The number of rotatable bonds is 6. The van der Waals surface area contributed by atoms with E-state index in [9.17, 15) is 4.79 Å². The van der Waals surface area contributed by atoms with Gasteiger partial charge in [0.1, 0.15) is 0 Å². The smallest absolute Gasteiger partial charge is 0.255 e. The average molecular weight is 381 g/mol. The highest BCUT2D eigenvalue weighted by atomic mass is 79.9. The van der Waals surface area contributed by atoms with Gasteiger partial charge >= 0.3 is 0 Å². The molecule has 0 spiro atoms. The Balaban J connectivity index is 2.87. The minimum atomic E-state index is -0.125. The van der Waals surface area contributed by atoms with Crippen molar-refractivity contribution in [1.82, 2.24) is 4.90 Å². The lowest BCUT2D eigenvalue weighted by Crippen LogP contribution is -2.36. The largest absolute Gasteiger partial charge is 0.395 e. The predicted molar refractivity (Wildman–Crippen MR) is 76.7 cm³/mol. The number of amides is 1. The van der Waals surface area contributed by atoms with Gasteiger partial charge in [0.15, 0.2) is 0 Å². The maximum Gasteiger partial charge on any atom is 0.255 e. The van der Waals surface area contributed by atoms with E-state index in [2.05, 4.69) is 31.9 Å². The van der Waals surface area contributed by atoms with E-state index in [1.54, 1.807) is 18.1 Å². The molecule has 1 N–H and O–H groups in total. The molecule has 0 saturated heterocycles. The van der Waals surface area contributed by atoms with Crippen LogP contribution in [0.1, 0.15) is 10.4 Å². The van der Waals surface area contributed by atoms with Gasteiger partial charge in [-0.2, -0.15) is 0 Å². The Bertz CT molecular complexity index is 412. The van der Waals surface area contributed by atoms with Crippen molar-refractivity contribution in [2.45, 2.75) is 0 Å². The van der Waals surface area contributed by atoms with E-state index >= 15 is 0 Å². The second kappa shape index (κ2) is 7.89. The Morgan fingerprint density at radius 1 is 1.39 bits per heavy atom. The highest BCUT2D eigenvalue weighted by molar-refractivity contribution is 9.11. The van der Waals surface area contributed by atoms with Crippen LogP contribution in [0.2, 0.25) is 0 Å². The minimum Gasteiger partial charge on any atom is -0.395 e. The first-order chi connectivity index (χ1) is 8.60. The molecule has 0 saturated carbocycles. The number of aliphatic hydroxyl groups is 1. The van der Waals surface area contributed by atoms with E-state index < -0.39 is 0 Å². The number of nitrogens with zero attached hydrogens (tertiary/aromatic N) is 1. The van der Waals surface area contributed by atoms with Gasteiger partial charge in [0.25, 0.3) is 5.91 Å². The number of hydrogen-bond acceptors (Lipinski definition) is 3. The normalized spacial score (nSPS) is 10.4. The van der Waals surface area contributed by atoms with E-state index in [-0.39, 0.29) is 12.5 Å². The summed E-state index contributed by atoms with van der Waals surface area (Å²) < 4.78 is 6.58. The first-order valence-electron chi connectivity index (χ1n) is 5.44. The monoisotopic (exact) mass is 379 g/mol. The third-order valence-electron chi connectivity index (χ3n) is 2.38. The summed E-state index contributed by atoms with van der Waals surface area (Å²) in [5, 5.41) is 8.99. The van der Waals surface area contributed by atoms with Crippen molar-refractivity contribution >= 4 is 37.8 Å². The molecule has 1 rings (SSSR count). The van der Waals surface area contributed by atoms with E-state index in [4.69, 9.17) is 9.84 Å². The van der Waals surface area contributed by atoms with E-state index in [0.29, 0.717) is 25.3 Å². The van der Waals surface area contributed by atoms with Crippen molar-refractivity contribution in [3.8, 4) is 0 Å². The summed E-state index contributed by atoms with van der Waals surface area (Å²) in [4.78, 5) is 13.9. The average Bonchev–Trinajstić information content (AvgIpc) is 2.33. The molecule has 1 aromatic carbocycles. The molecule has 1 amide bonds. The van der Waals surface area contributed by atoms with Gasteiger partial charge in [-0.3, -0.25) is 4.79 Å². The van der Waals surface area contributed by atoms with Gasteiger partial charge in [-0.05, 0) is 34.1 Å². The van der Waals surface area contributed by atoms with E-state index in [1.165, 1.54) is 0 Å². The highest BCUT2D eigenvalue weighted by Gasteiger charge is 2.17. The molecule has 18 heavy (non-hydrogen) atoms. The molecule has 1 aromatic rings. The highest BCUT2D eigenvalue weighted by Crippen LogP contribution is 2.23. The molecule has 0 aliphatic rings. The van der Waals surface area contributed by atoms with Gasteiger partial charge in [0.05, 0.1) is 18.8 Å². The van der Waals surface area contributed by atoms with Crippen molar-refractivity contribution in [1.29, 1.82) is 0 Å². The Kier molecular flexibility index (Phi) is 6.85. The molecular formula is C12H15Br2NO3. The fourth-order valence-corrected chi connectivity index (χ4v) is 2.69. The first kappa shape index (κ1) is 15.6. The van der Waals surface area contributed by atoms with Gasteiger partial charge in [-0.1, -0.05) is 15.9 Å². The SMILES string of the molecule is COCCN(CCO)C(=O)c1ccc(Br)cc1Br. The molecule has 6 heteroatoms. The maximum atomic E-state index is 12.3. The van der Waals surface area contributed by atoms with Gasteiger partial charge < -0.3 is 14.7 Å². The molecule has 0 aromatic heterocycles. The van der Waals surface area contributed by atoms with Crippen LogP contribution in [0.4, 0.5) is 0 Å². The van der Waals surface area contributed by atoms with Gasteiger partial charge in [0.2, 0.25) is 0 Å². The number of carbonyl (C=O) groups excluding carboxylic acids is 1. The Labute approximate surface area is 123 Å². The summed E-state index contributed by atoms with van der Waals surface area (Å²) in [7, 11) is 1.58. The number of hydrogen-bond donors (Lipinski definition) is 1. The molecule has 0 fully saturated rings. The number of aliphatic hydroxyl groups excluding tert-OH is 1. The molecule has 4 nitrogen and oxygen atoms in total. The molecular weight excluding hydrogens is 366 g/mol. The van der Waals surface area contributed by atoms with Gasteiger partial charge in [0, 0.05) is 29.1 Å². The minimum absolute atomic E-state index is 0.0659. The molecule has 100 valence electrons. The molecule has 0 heterocycles.